The highest BCUT2D eigenvalue weighted by molar-refractivity contribution is 6.30. The first kappa shape index (κ1) is 41.0. The predicted octanol–water partition coefficient (Wildman–Crippen LogP) is 5.31. The minimum Gasteiger partial charge on any atom is -0.387 e. The van der Waals surface area contributed by atoms with Crippen molar-refractivity contribution >= 4 is 58.4 Å². The largest absolute Gasteiger partial charge is 0.387 e. The van der Waals surface area contributed by atoms with Crippen LogP contribution in [0.4, 0.5) is 11.5 Å². The predicted molar refractivity (Wildman–Crippen MR) is 217 cm³/mol. The maximum atomic E-state index is 14.0. The van der Waals surface area contributed by atoms with Crippen LogP contribution in [-0.2, 0) is 19.2 Å². The van der Waals surface area contributed by atoms with E-state index >= 15 is 0 Å². The molecular formula is C43H50ClN7O7. The Hall–Kier alpha value is -5.21. The van der Waals surface area contributed by atoms with Gasteiger partial charge in [-0.15, -0.1) is 0 Å². The minimum absolute atomic E-state index is 0.0595. The maximum Gasteiger partial charge on any atom is 0.264 e. The zero-order valence-corrected chi connectivity index (χ0v) is 33.5. The molecule has 3 aromatic rings. The molecule has 7 rings (SSSR count). The zero-order valence-electron chi connectivity index (χ0n) is 32.8. The van der Waals surface area contributed by atoms with E-state index in [1.807, 2.05) is 29.2 Å². The van der Waals surface area contributed by atoms with Crippen molar-refractivity contribution < 1.29 is 33.9 Å². The van der Waals surface area contributed by atoms with Crippen LogP contribution >= 0.6 is 11.6 Å². The average Bonchev–Trinajstić information content (AvgIpc) is 3.66. The van der Waals surface area contributed by atoms with E-state index < -0.39 is 35.8 Å². The molecule has 4 heterocycles. The molecule has 0 bridgehead atoms. The SMILES string of the molecule is C[C@@H]1C[C@@H](O)c2ncnc(N3CCN(C(=O)[C@H](CCCCC(=O)CCCCCNc4cccc5c4C(=O)N(C4CCC(=O)NC4=O)C5=O)c4ccc(Cl)cc4)CC3)c21. The standard InChI is InChI=1S/C43H50ClN7O7/c1-26-24-34(53)38-36(26)39(47-25-46-38)49-20-22-50(23-21-49)41(56)30(27-13-15-28(44)16-14-27)10-5-4-9-29(52)8-3-2-6-19-45-32-12-7-11-31-37(32)43(58)51(42(31)57)33-17-18-35(54)48-40(33)55/h7,11-16,25-26,30,33-34,45,53H,2-6,8-10,17-24H2,1H3,(H,48,54,55)/t26-,30-,33?,34-/m1/s1. The number of aliphatic hydroxyl groups excluding tert-OH is 1. The van der Waals surface area contributed by atoms with Gasteiger partial charge in [0, 0.05) is 68.3 Å². The van der Waals surface area contributed by atoms with E-state index in [0.29, 0.717) is 81.2 Å². The Morgan fingerprint density at radius 1 is 0.931 bits per heavy atom. The highest BCUT2D eigenvalue weighted by atomic mass is 35.5. The summed E-state index contributed by atoms with van der Waals surface area (Å²) in [7, 11) is 0. The van der Waals surface area contributed by atoms with Gasteiger partial charge in [0.25, 0.3) is 11.8 Å². The Labute approximate surface area is 342 Å². The second-order valence-electron chi connectivity index (χ2n) is 15.8. The van der Waals surface area contributed by atoms with Crippen molar-refractivity contribution in [2.75, 3.05) is 42.9 Å². The quantitative estimate of drug-likeness (QED) is 0.126. The maximum absolute atomic E-state index is 14.0. The van der Waals surface area contributed by atoms with Crippen LogP contribution in [-0.4, -0.2) is 99.0 Å². The van der Waals surface area contributed by atoms with Crippen LogP contribution < -0.4 is 15.5 Å². The lowest BCUT2D eigenvalue weighted by atomic mass is 9.91. The molecule has 58 heavy (non-hydrogen) atoms. The molecule has 1 unspecified atom stereocenters. The fourth-order valence-corrected chi connectivity index (χ4v) is 8.87. The molecule has 0 radical (unpaired) electrons. The fourth-order valence-electron chi connectivity index (χ4n) is 8.75. The number of rotatable bonds is 16. The number of piperazine rings is 1. The molecule has 2 aromatic carbocycles. The van der Waals surface area contributed by atoms with Crippen LogP contribution in [0.1, 0.15) is 133 Å². The second-order valence-corrected chi connectivity index (χ2v) is 16.2. The molecule has 5 amide bonds. The van der Waals surface area contributed by atoms with Crippen LogP contribution in [0.15, 0.2) is 48.8 Å². The van der Waals surface area contributed by atoms with Gasteiger partial charge in [0.2, 0.25) is 17.7 Å². The van der Waals surface area contributed by atoms with Crippen molar-refractivity contribution in [3.05, 3.63) is 81.8 Å². The molecule has 4 atom stereocenters. The van der Waals surface area contributed by atoms with Crippen LogP contribution in [0.2, 0.25) is 5.02 Å². The highest BCUT2D eigenvalue weighted by Crippen LogP contribution is 2.43. The number of nitrogens with zero attached hydrogens (tertiary/aromatic N) is 5. The number of ketones is 1. The van der Waals surface area contributed by atoms with Crippen LogP contribution in [0.5, 0.6) is 0 Å². The summed E-state index contributed by atoms with van der Waals surface area (Å²) in [6.45, 7) is 5.00. The van der Waals surface area contributed by atoms with E-state index in [1.165, 1.54) is 6.33 Å². The number of aromatic nitrogens is 2. The number of nitrogens with one attached hydrogen (secondary N) is 2. The molecule has 2 fully saturated rings. The molecule has 1 aromatic heterocycles. The number of piperidine rings is 1. The van der Waals surface area contributed by atoms with E-state index in [0.717, 1.165) is 47.5 Å². The van der Waals surface area contributed by atoms with Crippen molar-refractivity contribution in [1.82, 2.24) is 25.1 Å². The second kappa shape index (κ2) is 18.2. The van der Waals surface area contributed by atoms with Gasteiger partial charge in [-0.25, -0.2) is 9.97 Å². The number of halogens is 1. The van der Waals surface area contributed by atoms with E-state index in [-0.39, 0.29) is 47.5 Å². The lowest BCUT2D eigenvalue weighted by Gasteiger charge is -2.38. The number of amides is 5. The third-order valence-corrected chi connectivity index (χ3v) is 12.1. The molecule has 14 nitrogen and oxygen atoms in total. The summed E-state index contributed by atoms with van der Waals surface area (Å²) < 4.78 is 0. The molecule has 0 saturated carbocycles. The first-order valence-electron chi connectivity index (χ1n) is 20.4. The monoisotopic (exact) mass is 811 g/mol. The number of carbonyl (C=O) groups is 6. The number of carbonyl (C=O) groups excluding carboxylic acids is 6. The van der Waals surface area contributed by atoms with Crippen molar-refractivity contribution in [1.29, 1.82) is 0 Å². The van der Waals surface area contributed by atoms with Gasteiger partial charge in [0.15, 0.2) is 0 Å². The van der Waals surface area contributed by atoms with Gasteiger partial charge in [-0.3, -0.25) is 39.0 Å². The molecule has 3 aliphatic heterocycles. The van der Waals surface area contributed by atoms with E-state index in [2.05, 4.69) is 32.4 Å². The summed E-state index contributed by atoms with van der Waals surface area (Å²) >= 11 is 6.19. The number of aliphatic hydroxyl groups is 1. The third-order valence-electron chi connectivity index (χ3n) is 11.9. The Morgan fingerprint density at radius 2 is 1.67 bits per heavy atom. The Balaban J connectivity index is 0.837. The first-order chi connectivity index (χ1) is 28.0. The van der Waals surface area contributed by atoms with Crippen LogP contribution in [0, 0.1) is 0 Å². The number of unbranched alkanes of at least 4 members (excludes halogenated alkanes) is 3. The number of hydrogen-bond acceptors (Lipinski definition) is 11. The molecule has 306 valence electrons. The molecule has 1 aliphatic carbocycles. The average molecular weight is 812 g/mol. The zero-order chi connectivity index (χ0) is 40.9. The van der Waals surface area contributed by atoms with Crippen molar-refractivity contribution in [2.45, 2.75) is 102 Å². The highest BCUT2D eigenvalue weighted by Gasteiger charge is 2.45. The lowest BCUT2D eigenvalue weighted by molar-refractivity contribution is -0.136. The van der Waals surface area contributed by atoms with Gasteiger partial charge in [-0.05, 0) is 74.3 Å². The van der Waals surface area contributed by atoms with Crippen molar-refractivity contribution in [3.8, 4) is 0 Å². The van der Waals surface area contributed by atoms with E-state index in [1.54, 1.807) is 18.2 Å². The van der Waals surface area contributed by atoms with Crippen LogP contribution in [0.3, 0.4) is 0 Å². The third kappa shape index (κ3) is 8.77. The van der Waals surface area contributed by atoms with Gasteiger partial charge in [0.1, 0.15) is 24.0 Å². The summed E-state index contributed by atoms with van der Waals surface area (Å²) in [6.07, 6.45) is 6.96. The number of hydrogen-bond donors (Lipinski definition) is 3. The van der Waals surface area contributed by atoms with Gasteiger partial charge < -0.3 is 20.2 Å². The Bertz CT molecular complexity index is 2070. The van der Waals surface area contributed by atoms with E-state index in [9.17, 15) is 33.9 Å². The summed E-state index contributed by atoms with van der Waals surface area (Å²) in [5.74, 6) is -1.22. The summed E-state index contributed by atoms with van der Waals surface area (Å²) in [4.78, 5) is 91.3. The van der Waals surface area contributed by atoms with Crippen molar-refractivity contribution in [3.63, 3.8) is 0 Å². The number of imide groups is 2. The summed E-state index contributed by atoms with van der Waals surface area (Å²) in [5, 5.41) is 16.5. The number of benzene rings is 2. The normalized spacial score (nSPS) is 20.9. The fraction of sp³-hybridized carbons (Fsp3) is 0.488. The van der Waals surface area contributed by atoms with Crippen molar-refractivity contribution in [2.24, 2.45) is 0 Å². The van der Waals surface area contributed by atoms with Gasteiger partial charge in [-0.1, -0.05) is 49.6 Å². The van der Waals surface area contributed by atoms with E-state index in [4.69, 9.17) is 11.6 Å². The summed E-state index contributed by atoms with van der Waals surface area (Å²) in [6, 6.07) is 11.4. The van der Waals surface area contributed by atoms with Gasteiger partial charge >= 0.3 is 0 Å². The molecular weight excluding hydrogens is 762 g/mol. The first-order valence-corrected chi connectivity index (χ1v) is 20.8. The molecule has 3 N–H and O–H groups in total. The molecule has 0 spiro atoms. The van der Waals surface area contributed by atoms with Crippen LogP contribution in [0.25, 0.3) is 0 Å². The molecule has 15 heteroatoms. The Kier molecular flexibility index (Phi) is 12.8. The number of Topliss-reactive ketones (excluding diaryl/α,β-unsaturated/α-hetero) is 1. The molecule has 2 saturated heterocycles. The smallest absolute Gasteiger partial charge is 0.264 e. The summed E-state index contributed by atoms with van der Waals surface area (Å²) in [5.41, 5.74) is 3.60. The topological polar surface area (TPSA) is 182 Å². The molecule has 4 aliphatic rings. The Morgan fingerprint density at radius 3 is 2.41 bits per heavy atom. The van der Waals surface area contributed by atoms with Gasteiger partial charge in [-0.2, -0.15) is 0 Å². The number of anilines is 2. The number of fused-ring (bicyclic) bond motifs is 2. The lowest BCUT2D eigenvalue weighted by Crippen LogP contribution is -2.54. The van der Waals surface area contributed by atoms with Gasteiger partial charge in [0.05, 0.1) is 28.8 Å². The minimum atomic E-state index is -1.02.